The number of pyridine rings is 2. The molecule has 0 aliphatic carbocycles. The minimum atomic E-state index is -1.13. The molecule has 0 spiro atoms. The molecule has 0 aliphatic rings. The van der Waals surface area contributed by atoms with E-state index in [0.29, 0.717) is 28.5 Å². The Morgan fingerprint density at radius 2 is 2.04 bits per heavy atom. The van der Waals surface area contributed by atoms with Gasteiger partial charge in [0.2, 0.25) is 0 Å². The molecule has 0 amide bonds. The zero-order chi connectivity index (χ0) is 18.3. The highest BCUT2D eigenvalue weighted by Crippen LogP contribution is 2.23. The lowest BCUT2D eigenvalue weighted by molar-refractivity contribution is 0.0691. The van der Waals surface area contributed by atoms with E-state index in [1.807, 2.05) is 19.1 Å². The molecule has 0 aromatic carbocycles. The number of rotatable bonds is 3. The van der Waals surface area contributed by atoms with E-state index in [1.54, 1.807) is 33.4 Å². The van der Waals surface area contributed by atoms with Crippen molar-refractivity contribution in [2.45, 2.75) is 6.92 Å². The topological polar surface area (TPSA) is 109 Å². The molecule has 4 aromatic heterocycles. The van der Waals surface area contributed by atoms with Crippen LogP contribution in [0.1, 0.15) is 21.9 Å². The van der Waals surface area contributed by atoms with Gasteiger partial charge in [-0.15, -0.1) is 0 Å². The van der Waals surface area contributed by atoms with Crippen LogP contribution < -0.4 is 0 Å². The van der Waals surface area contributed by atoms with Gasteiger partial charge in [0.1, 0.15) is 23.1 Å². The zero-order valence-electron chi connectivity index (χ0n) is 13.7. The van der Waals surface area contributed by atoms with Gasteiger partial charge < -0.3 is 5.11 Å². The molecule has 8 heteroatoms. The Morgan fingerprint density at radius 1 is 1.19 bits per heavy atom. The summed E-state index contributed by atoms with van der Waals surface area (Å²) in [6.07, 6.45) is 4.64. The second-order valence-electron chi connectivity index (χ2n) is 5.66. The first kappa shape index (κ1) is 15.5. The Morgan fingerprint density at radius 3 is 2.77 bits per heavy atom. The third-order valence-corrected chi connectivity index (χ3v) is 3.93. The fraction of sp³-hybridized carbons (Fsp3) is 0.0556. The molecular weight excluding hydrogens is 332 g/mol. The Kier molecular flexibility index (Phi) is 3.48. The van der Waals surface area contributed by atoms with Gasteiger partial charge in [-0.1, -0.05) is 6.07 Å². The monoisotopic (exact) mass is 344 g/mol. The van der Waals surface area contributed by atoms with Crippen molar-refractivity contribution >= 4 is 11.6 Å². The highest BCUT2D eigenvalue weighted by molar-refractivity contribution is 5.86. The summed E-state index contributed by atoms with van der Waals surface area (Å²) in [7, 11) is 0. The third kappa shape index (κ3) is 2.48. The molecule has 0 bridgehead atoms. The van der Waals surface area contributed by atoms with Gasteiger partial charge in [-0.3, -0.25) is 8.97 Å². The summed E-state index contributed by atoms with van der Waals surface area (Å²) in [6.45, 7) is 1.85. The van der Waals surface area contributed by atoms with E-state index < -0.39 is 5.97 Å². The Hall–Kier alpha value is -3.99. The second kappa shape index (κ2) is 5.82. The van der Waals surface area contributed by atoms with E-state index in [0.717, 1.165) is 5.69 Å². The standard InChI is InChI=1S/C18H12N6O2/c1-11-3-2-4-14(21-11)17-22-15(18(25)26)10-24(17)12-5-6-16-20-8-13(7-19)23(16)9-12/h2-6,8-10H,1H3,(H,25,26). The van der Waals surface area contributed by atoms with Gasteiger partial charge >= 0.3 is 5.97 Å². The van der Waals surface area contributed by atoms with Crippen LogP contribution in [0.2, 0.25) is 0 Å². The molecule has 8 nitrogen and oxygen atoms in total. The predicted molar refractivity (Wildman–Crippen MR) is 92.0 cm³/mol. The van der Waals surface area contributed by atoms with Crippen LogP contribution in [-0.2, 0) is 0 Å². The molecule has 126 valence electrons. The molecule has 26 heavy (non-hydrogen) atoms. The summed E-state index contributed by atoms with van der Waals surface area (Å²) in [5.74, 6) is -0.719. The average molecular weight is 344 g/mol. The molecule has 0 unspecified atom stereocenters. The van der Waals surface area contributed by atoms with Crippen molar-refractivity contribution in [2.24, 2.45) is 0 Å². The minimum absolute atomic E-state index is 0.0884. The first-order chi connectivity index (χ1) is 12.6. The molecule has 0 aliphatic heterocycles. The lowest BCUT2D eigenvalue weighted by Gasteiger charge is -2.08. The summed E-state index contributed by atoms with van der Waals surface area (Å²) >= 11 is 0. The summed E-state index contributed by atoms with van der Waals surface area (Å²) in [6, 6.07) is 11.1. The van der Waals surface area contributed by atoms with E-state index in [9.17, 15) is 15.2 Å². The molecule has 4 rings (SSSR count). The fourth-order valence-electron chi connectivity index (χ4n) is 2.72. The maximum atomic E-state index is 11.4. The molecule has 4 aromatic rings. The normalized spacial score (nSPS) is 10.8. The first-order valence-corrected chi connectivity index (χ1v) is 7.71. The molecule has 0 saturated carbocycles. The van der Waals surface area contributed by atoms with Crippen LogP contribution in [0.25, 0.3) is 22.9 Å². The van der Waals surface area contributed by atoms with E-state index in [4.69, 9.17) is 0 Å². The minimum Gasteiger partial charge on any atom is -0.476 e. The van der Waals surface area contributed by atoms with Crippen molar-refractivity contribution in [2.75, 3.05) is 0 Å². The van der Waals surface area contributed by atoms with Gasteiger partial charge in [0.15, 0.2) is 11.5 Å². The zero-order valence-corrected chi connectivity index (χ0v) is 13.7. The van der Waals surface area contributed by atoms with E-state index >= 15 is 0 Å². The SMILES string of the molecule is Cc1cccc(-c2nc(C(=O)O)cn2-c2ccc3ncc(C#N)n3c2)n1. The number of aromatic carboxylic acids is 1. The molecular formula is C18H12N6O2. The maximum absolute atomic E-state index is 11.4. The number of hydrogen-bond donors (Lipinski definition) is 1. The van der Waals surface area contributed by atoms with Gasteiger partial charge in [0, 0.05) is 18.1 Å². The van der Waals surface area contributed by atoms with Crippen LogP contribution in [0.5, 0.6) is 0 Å². The Balaban J connectivity index is 1.96. The van der Waals surface area contributed by atoms with Crippen molar-refractivity contribution in [3.63, 3.8) is 0 Å². The van der Waals surface area contributed by atoms with Gasteiger partial charge in [0.05, 0.1) is 11.9 Å². The first-order valence-electron chi connectivity index (χ1n) is 7.71. The number of aryl methyl sites for hydroxylation is 1. The highest BCUT2D eigenvalue weighted by Gasteiger charge is 2.17. The van der Waals surface area contributed by atoms with Gasteiger partial charge in [-0.2, -0.15) is 5.26 Å². The van der Waals surface area contributed by atoms with E-state index in [-0.39, 0.29) is 5.69 Å². The molecule has 0 radical (unpaired) electrons. The van der Waals surface area contributed by atoms with E-state index in [1.165, 1.54) is 12.4 Å². The smallest absolute Gasteiger partial charge is 0.356 e. The van der Waals surface area contributed by atoms with Crippen LogP contribution >= 0.6 is 0 Å². The fourth-order valence-corrected chi connectivity index (χ4v) is 2.72. The highest BCUT2D eigenvalue weighted by atomic mass is 16.4. The maximum Gasteiger partial charge on any atom is 0.356 e. The lowest BCUT2D eigenvalue weighted by atomic mass is 10.3. The second-order valence-corrected chi connectivity index (χ2v) is 5.66. The molecule has 4 heterocycles. The van der Waals surface area contributed by atoms with Crippen molar-refractivity contribution in [3.8, 4) is 23.3 Å². The lowest BCUT2D eigenvalue weighted by Crippen LogP contribution is -2.00. The summed E-state index contributed by atoms with van der Waals surface area (Å²) in [5, 5.41) is 18.5. The van der Waals surface area contributed by atoms with Crippen LogP contribution in [0, 0.1) is 18.3 Å². The average Bonchev–Trinajstić information content (AvgIpc) is 3.25. The number of aromatic nitrogens is 5. The Labute approximate surface area is 147 Å². The van der Waals surface area contributed by atoms with Crippen LogP contribution in [0.15, 0.2) is 48.9 Å². The van der Waals surface area contributed by atoms with Gasteiger partial charge in [0.25, 0.3) is 0 Å². The van der Waals surface area contributed by atoms with Gasteiger partial charge in [-0.25, -0.2) is 19.7 Å². The summed E-state index contributed by atoms with van der Waals surface area (Å²) in [5.41, 5.74) is 2.92. The Bertz CT molecular complexity index is 1200. The summed E-state index contributed by atoms with van der Waals surface area (Å²) < 4.78 is 3.29. The van der Waals surface area contributed by atoms with Crippen LogP contribution in [-0.4, -0.2) is 35.0 Å². The van der Waals surface area contributed by atoms with E-state index in [2.05, 4.69) is 21.0 Å². The number of carboxylic acid groups (broad SMARTS) is 1. The largest absolute Gasteiger partial charge is 0.476 e. The number of fused-ring (bicyclic) bond motifs is 1. The van der Waals surface area contributed by atoms with Gasteiger partial charge in [-0.05, 0) is 31.2 Å². The molecule has 0 atom stereocenters. The van der Waals surface area contributed by atoms with Crippen molar-refractivity contribution in [1.82, 2.24) is 23.9 Å². The number of imidazole rings is 2. The number of hydrogen-bond acceptors (Lipinski definition) is 5. The van der Waals surface area contributed by atoms with Crippen molar-refractivity contribution < 1.29 is 9.90 Å². The van der Waals surface area contributed by atoms with Crippen LogP contribution in [0.4, 0.5) is 0 Å². The summed E-state index contributed by atoms with van der Waals surface area (Å²) in [4.78, 5) is 24.2. The van der Waals surface area contributed by atoms with Crippen molar-refractivity contribution in [3.05, 3.63) is 66.0 Å². The molecule has 0 fully saturated rings. The van der Waals surface area contributed by atoms with Crippen molar-refractivity contribution in [1.29, 1.82) is 5.26 Å². The number of carboxylic acids is 1. The molecule has 0 saturated heterocycles. The predicted octanol–water partition coefficient (Wildman–Crippen LogP) is 2.46. The quantitative estimate of drug-likeness (QED) is 0.611. The third-order valence-electron chi connectivity index (χ3n) is 3.93. The molecule has 1 N–H and O–H groups in total. The number of carbonyl (C=O) groups is 1. The number of nitriles is 1. The number of nitrogens with zero attached hydrogens (tertiary/aromatic N) is 6. The van der Waals surface area contributed by atoms with Crippen LogP contribution in [0.3, 0.4) is 0 Å².